The van der Waals surface area contributed by atoms with Crippen LogP contribution in [0.1, 0.15) is 60.8 Å². The van der Waals surface area contributed by atoms with Crippen LogP contribution in [0.25, 0.3) is 0 Å². The minimum absolute atomic E-state index is 0.0244. The van der Waals surface area contributed by atoms with Crippen molar-refractivity contribution >= 4 is 46.4 Å². The number of aliphatic hydroxyl groups excluding tert-OH is 2. The van der Waals surface area contributed by atoms with E-state index in [0.717, 1.165) is 48.2 Å². The fraction of sp³-hybridized carbons (Fsp3) is 0.467. The summed E-state index contributed by atoms with van der Waals surface area (Å²) in [5.74, 6) is 0.109. The number of aliphatic hydroxyl groups is 2. The maximum atomic E-state index is 12.3. The number of rotatable bonds is 2. The number of anilines is 2. The maximum Gasteiger partial charge on any atom is 0.227 e. The van der Waals surface area contributed by atoms with Crippen LogP contribution in [-0.2, 0) is 9.59 Å². The van der Waals surface area contributed by atoms with E-state index in [-0.39, 0.29) is 47.9 Å². The van der Waals surface area contributed by atoms with E-state index < -0.39 is 0 Å². The molecule has 2 aliphatic carbocycles. The van der Waals surface area contributed by atoms with Crippen molar-refractivity contribution in [1.82, 2.24) is 0 Å². The predicted molar refractivity (Wildman–Crippen MR) is 151 cm³/mol. The van der Waals surface area contributed by atoms with Gasteiger partial charge >= 0.3 is 0 Å². The van der Waals surface area contributed by atoms with Gasteiger partial charge in [-0.15, -0.1) is 0 Å². The largest absolute Gasteiger partial charge is 0.393 e. The first-order valence-corrected chi connectivity index (χ1v) is 14.2. The Morgan fingerprint density at radius 3 is 1.45 bits per heavy atom. The standard InChI is InChI=1S/2C15H15ClN2O2/c2*1-8-11(3-2-9(7-17)15(8)16)18-12-4-5-13(19)10(12)6-14(18)20/h2*2-3,10,12-13,19H,4-6H2,1H3/t10-,12-,13+;10-,12-,13-/m00/s1. The Morgan fingerprint density at radius 2 is 1.10 bits per heavy atom. The summed E-state index contributed by atoms with van der Waals surface area (Å²) in [5.41, 5.74) is 3.87. The molecule has 2 aromatic rings. The average molecular weight is 582 g/mol. The molecule has 2 aromatic carbocycles. The molecule has 2 saturated carbocycles. The van der Waals surface area contributed by atoms with Gasteiger partial charge in [0.2, 0.25) is 11.8 Å². The van der Waals surface area contributed by atoms with Crippen LogP contribution < -0.4 is 9.80 Å². The molecular formula is C30H30Cl2N4O4. The van der Waals surface area contributed by atoms with Crippen LogP contribution in [0.3, 0.4) is 0 Å². The van der Waals surface area contributed by atoms with E-state index >= 15 is 0 Å². The first kappa shape index (κ1) is 28.4. The Bertz CT molecular complexity index is 1360. The van der Waals surface area contributed by atoms with Gasteiger partial charge in [0.25, 0.3) is 0 Å². The summed E-state index contributed by atoms with van der Waals surface area (Å²) >= 11 is 12.4. The molecule has 40 heavy (non-hydrogen) atoms. The van der Waals surface area contributed by atoms with Crippen LogP contribution in [0.4, 0.5) is 11.4 Å². The lowest BCUT2D eigenvalue weighted by molar-refractivity contribution is -0.118. The summed E-state index contributed by atoms with van der Waals surface area (Å²) < 4.78 is 0. The van der Waals surface area contributed by atoms with E-state index in [2.05, 4.69) is 0 Å². The molecule has 2 amide bonds. The highest BCUT2D eigenvalue weighted by molar-refractivity contribution is 6.33. The molecule has 0 aromatic heterocycles. The third kappa shape index (κ3) is 4.63. The van der Waals surface area contributed by atoms with Crippen molar-refractivity contribution in [2.45, 2.75) is 76.7 Å². The number of carbonyl (C=O) groups is 2. The van der Waals surface area contributed by atoms with Crippen molar-refractivity contribution < 1.29 is 19.8 Å². The lowest BCUT2D eigenvalue weighted by Gasteiger charge is -2.26. The highest BCUT2D eigenvalue weighted by Crippen LogP contribution is 2.44. The van der Waals surface area contributed by atoms with Crippen LogP contribution >= 0.6 is 23.2 Å². The van der Waals surface area contributed by atoms with Crippen LogP contribution in [0, 0.1) is 48.3 Å². The molecule has 2 heterocycles. The average Bonchev–Trinajstić information content (AvgIpc) is 3.66. The van der Waals surface area contributed by atoms with Crippen molar-refractivity contribution in [3.63, 3.8) is 0 Å². The molecule has 0 unspecified atom stereocenters. The number of nitrogens with zero attached hydrogens (tertiary/aromatic N) is 4. The van der Waals surface area contributed by atoms with Gasteiger partial charge in [0.05, 0.1) is 33.4 Å². The molecular weight excluding hydrogens is 551 g/mol. The molecule has 8 nitrogen and oxygen atoms in total. The lowest BCUT2D eigenvalue weighted by atomic mass is 10.0. The summed E-state index contributed by atoms with van der Waals surface area (Å²) in [6.45, 7) is 3.65. The monoisotopic (exact) mass is 580 g/mol. The number of nitriles is 2. The molecule has 2 N–H and O–H groups in total. The van der Waals surface area contributed by atoms with E-state index in [0.29, 0.717) is 34.0 Å². The van der Waals surface area contributed by atoms with E-state index in [1.54, 1.807) is 34.1 Å². The zero-order chi connectivity index (χ0) is 28.9. The Hall–Kier alpha value is -3.14. The quantitative estimate of drug-likeness (QED) is 0.525. The van der Waals surface area contributed by atoms with Gasteiger partial charge in [-0.2, -0.15) is 10.5 Å². The van der Waals surface area contributed by atoms with E-state index in [1.165, 1.54) is 0 Å². The van der Waals surface area contributed by atoms with Gasteiger partial charge in [-0.3, -0.25) is 9.59 Å². The topological polar surface area (TPSA) is 129 Å². The van der Waals surface area contributed by atoms with Gasteiger partial charge in [0.1, 0.15) is 12.1 Å². The van der Waals surface area contributed by atoms with Gasteiger partial charge in [0, 0.05) is 48.1 Å². The smallest absolute Gasteiger partial charge is 0.227 e. The summed E-state index contributed by atoms with van der Waals surface area (Å²) in [6.07, 6.45) is 3.12. The Morgan fingerprint density at radius 1 is 0.725 bits per heavy atom. The Labute approximate surface area is 243 Å². The van der Waals surface area contributed by atoms with Crippen LogP contribution in [0.15, 0.2) is 24.3 Å². The molecule has 208 valence electrons. The minimum atomic E-state index is -0.386. The molecule has 6 rings (SSSR count). The lowest BCUT2D eigenvalue weighted by Crippen LogP contribution is -2.34. The summed E-state index contributed by atoms with van der Waals surface area (Å²) in [6, 6.07) is 11.1. The summed E-state index contributed by atoms with van der Waals surface area (Å²) in [4.78, 5) is 28.1. The van der Waals surface area contributed by atoms with E-state index in [4.69, 9.17) is 33.7 Å². The predicted octanol–water partition coefficient (Wildman–Crippen LogP) is 4.79. The number of benzene rings is 2. The normalized spacial score (nSPS) is 28.6. The second kappa shape index (κ2) is 11.0. The highest BCUT2D eigenvalue weighted by atomic mass is 35.5. The molecule has 6 atom stereocenters. The number of hydrogen-bond donors (Lipinski definition) is 2. The van der Waals surface area contributed by atoms with Gasteiger partial charge < -0.3 is 20.0 Å². The molecule has 10 heteroatoms. The van der Waals surface area contributed by atoms with Crippen molar-refractivity contribution in [3.8, 4) is 12.1 Å². The van der Waals surface area contributed by atoms with Gasteiger partial charge in [0.15, 0.2) is 0 Å². The minimum Gasteiger partial charge on any atom is -0.393 e. The molecule has 0 bridgehead atoms. The summed E-state index contributed by atoms with van der Waals surface area (Å²) in [5, 5.41) is 38.7. The SMILES string of the molecule is Cc1c(N2C(=O)C[C@@H]3[C@@H](O)CC[C@@H]32)ccc(C#N)c1Cl.Cc1c(N2C(=O)C[C@@H]3[C@H](O)CC[C@@H]32)ccc(C#N)c1Cl. The molecule has 2 aliphatic heterocycles. The number of hydrogen-bond acceptors (Lipinski definition) is 6. The van der Waals surface area contributed by atoms with E-state index in [1.807, 2.05) is 26.0 Å². The van der Waals surface area contributed by atoms with Gasteiger partial charge in [-0.05, 0) is 74.9 Å². The fourth-order valence-electron chi connectivity index (χ4n) is 6.88. The highest BCUT2D eigenvalue weighted by Gasteiger charge is 2.49. The third-order valence-electron chi connectivity index (χ3n) is 8.99. The zero-order valence-corrected chi connectivity index (χ0v) is 23.8. The Balaban J connectivity index is 0.000000161. The molecule has 0 radical (unpaired) electrons. The number of carbonyl (C=O) groups excluding carboxylic acids is 2. The molecule has 0 spiro atoms. The number of halogens is 2. The van der Waals surface area contributed by atoms with Crippen molar-refractivity contribution in [2.75, 3.05) is 9.80 Å². The Kier molecular flexibility index (Phi) is 7.83. The van der Waals surface area contributed by atoms with Gasteiger partial charge in [-0.25, -0.2) is 0 Å². The third-order valence-corrected chi connectivity index (χ3v) is 9.96. The molecule has 2 saturated heterocycles. The fourth-order valence-corrected chi connectivity index (χ4v) is 7.28. The number of fused-ring (bicyclic) bond motifs is 2. The second-order valence-electron chi connectivity index (χ2n) is 11.1. The maximum absolute atomic E-state index is 12.3. The zero-order valence-electron chi connectivity index (χ0n) is 22.3. The molecule has 4 fully saturated rings. The van der Waals surface area contributed by atoms with Crippen LogP contribution in [0.5, 0.6) is 0 Å². The van der Waals surface area contributed by atoms with Crippen molar-refractivity contribution in [3.05, 3.63) is 56.6 Å². The van der Waals surface area contributed by atoms with Crippen molar-refractivity contribution in [2.24, 2.45) is 11.8 Å². The van der Waals surface area contributed by atoms with Gasteiger partial charge in [-0.1, -0.05) is 23.2 Å². The van der Waals surface area contributed by atoms with Crippen molar-refractivity contribution in [1.29, 1.82) is 10.5 Å². The second-order valence-corrected chi connectivity index (χ2v) is 11.8. The summed E-state index contributed by atoms with van der Waals surface area (Å²) in [7, 11) is 0. The van der Waals surface area contributed by atoms with Crippen LogP contribution in [0.2, 0.25) is 10.0 Å². The first-order chi connectivity index (χ1) is 19.1. The first-order valence-electron chi connectivity index (χ1n) is 13.5. The van der Waals surface area contributed by atoms with E-state index in [9.17, 15) is 19.8 Å². The molecule has 4 aliphatic rings. The van der Waals surface area contributed by atoms with Crippen LogP contribution in [-0.4, -0.2) is 46.3 Å². The number of amides is 2.